The fraction of sp³-hybridized carbons (Fsp3) is 0.286. The van der Waals surface area contributed by atoms with Crippen LogP contribution in [0.5, 0.6) is 0 Å². The van der Waals surface area contributed by atoms with Gasteiger partial charge in [0.05, 0.1) is 6.26 Å². The highest BCUT2D eigenvalue weighted by Gasteiger charge is 2.21. The smallest absolute Gasteiger partial charge is 0.140 e. The van der Waals surface area contributed by atoms with E-state index in [-0.39, 0.29) is 5.56 Å². The fourth-order valence-corrected chi connectivity index (χ4v) is 2.07. The second kappa shape index (κ2) is 4.34. The van der Waals surface area contributed by atoms with Crippen molar-refractivity contribution < 1.29 is 13.9 Å². The molecule has 2 nitrogen and oxygen atoms in total. The van der Waals surface area contributed by atoms with E-state index in [1.807, 2.05) is 19.9 Å². The van der Waals surface area contributed by atoms with Gasteiger partial charge in [0.1, 0.15) is 17.7 Å². The van der Waals surface area contributed by atoms with Crippen LogP contribution in [0.3, 0.4) is 0 Å². The summed E-state index contributed by atoms with van der Waals surface area (Å²) in [6.07, 6.45) is 0.445. The summed E-state index contributed by atoms with van der Waals surface area (Å²) < 4.78 is 19.1. The number of aliphatic hydroxyl groups excluding tert-OH is 1. The van der Waals surface area contributed by atoms with Crippen molar-refractivity contribution in [3.8, 4) is 0 Å². The molecular weight excluding hydrogens is 219 g/mol. The zero-order valence-corrected chi connectivity index (χ0v) is 10.1. The summed E-state index contributed by atoms with van der Waals surface area (Å²) in [4.78, 5) is 0. The number of hydrogen-bond acceptors (Lipinski definition) is 2. The Hall–Kier alpha value is -1.61. The molecule has 1 aromatic heterocycles. The highest BCUT2D eigenvalue weighted by molar-refractivity contribution is 5.38. The van der Waals surface area contributed by atoms with Crippen LogP contribution in [0.4, 0.5) is 4.39 Å². The van der Waals surface area contributed by atoms with E-state index < -0.39 is 11.9 Å². The molecule has 0 aliphatic rings. The quantitative estimate of drug-likeness (QED) is 0.863. The van der Waals surface area contributed by atoms with E-state index in [1.54, 1.807) is 13.0 Å². The second-order valence-corrected chi connectivity index (χ2v) is 4.35. The molecule has 0 bridgehead atoms. The van der Waals surface area contributed by atoms with Crippen LogP contribution in [0.1, 0.15) is 34.1 Å². The van der Waals surface area contributed by atoms with Crippen molar-refractivity contribution in [2.24, 2.45) is 0 Å². The maximum Gasteiger partial charge on any atom is 0.140 e. The van der Waals surface area contributed by atoms with Gasteiger partial charge < -0.3 is 9.52 Å². The largest absolute Gasteiger partial charge is 0.466 e. The van der Waals surface area contributed by atoms with Gasteiger partial charge in [-0.05, 0) is 49.6 Å². The third-order valence-electron chi connectivity index (χ3n) is 2.90. The van der Waals surface area contributed by atoms with Crippen LogP contribution in [0, 0.1) is 26.6 Å². The van der Waals surface area contributed by atoms with Crippen molar-refractivity contribution in [1.82, 2.24) is 0 Å². The van der Waals surface area contributed by atoms with Crippen molar-refractivity contribution in [2.45, 2.75) is 26.9 Å². The Bertz CT molecular complexity index is 520. The average molecular weight is 234 g/mol. The van der Waals surface area contributed by atoms with E-state index in [0.29, 0.717) is 5.76 Å². The van der Waals surface area contributed by atoms with Crippen molar-refractivity contribution in [1.29, 1.82) is 0 Å². The number of hydrogen-bond donors (Lipinski definition) is 1. The van der Waals surface area contributed by atoms with Gasteiger partial charge in [0.15, 0.2) is 0 Å². The molecule has 0 fully saturated rings. The maximum absolute atomic E-state index is 13.9. The van der Waals surface area contributed by atoms with Crippen LogP contribution < -0.4 is 0 Å². The molecule has 0 aliphatic heterocycles. The van der Waals surface area contributed by atoms with Crippen molar-refractivity contribution >= 4 is 0 Å². The van der Waals surface area contributed by atoms with Crippen LogP contribution in [0.25, 0.3) is 0 Å². The maximum atomic E-state index is 13.9. The lowest BCUT2D eigenvalue weighted by Crippen LogP contribution is -2.06. The Morgan fingerprint density at radius 3 is 2.41 bits per heavy atom. The Morgan fingerprint density at radius 2 is 1.88 bits per heavy atom. The van der Waals surface area contributed by atoms with Crippen LogP contribution >= 0.6 is 0 Å². The summed E-state index contributed by atoms with van der Waals surface area (Å²) in [6.45, 7) is 5.43. The molecule has 0 aliphatic carbocycles. The number of aliphatic hydroxyl groups is 1. The highest BCUT2D eigenvalue weighted by Crippen LogP contribution is 2.30. The molecule has 90 valence electrons. The standard InChI is InChI=1S/C14H15FO2/c1-8-6-10(3)12(11(15)7-8)13(16)14-9(2)4-5-17-14/h4-7,13,16H,1-3H3. The van der Waals surface area contributed by atoms with Gasteiger partial charge in [-0.15, -0.1) is 0 Å². The lowest BCUT2D eigenvalue weighted by molar-refractivity contribution is 0.183. The molecule has 0 radical (unpaired) electrons. The molecule has 1 atom stereocenters. The third kappa shape index (κ3) is 2.11. The van der Waals surface area contributed by atoms with E-state index in [9.17, 15) is 9.50 Å². The minimum atomic E-state index is -1.05. The van der Waals surface area contributed by atoms with Gasteiger partial charge in [-0.25, -0.2) is 4.39 Å². The molecule has 0 saturated heterocycles. The van der Waals surface area contributed by atoms with E-state index >= 15 is 0 Å². The van der Waals surface area contributed by atoms with Gasteiger partial charge in [0.25, 0.3) is 0 Å². The van der Waals surface area contributed by atoms with Crippen LogP contribution in [-0.2, 0) is 0 Å². The molecule has 0 amide bonds. The van der Waals surface area contributed by atoms with Gasteiger partial charge in [-0.3, -0.25) is 0 Å². The zero-order valence-electron chi connectivity index (χ0n) is 10.1. The van der Waals surface area contributed by atoms with Gasteiger partial charge >= 0.3 is 0 Å². The first-order valence-corrected chi connectivity index (χ1v) is 5.49. The zero-order chi connectivity index (χ0) is 12.6. The molecule has 1 aromatic carbocycles. The summed E-state index contributed by atoms with van der Waals surface area (Å²) in [6, 6.07) is 5.02. The molecule has 1 N–H and O–H groups in total. The van der Waals surface area contributed by atoms with E-state index in [1.165, 1.54) is 12.3 Å². The normalized spacial score (nSPS) is 12.8. The molecule has 0 spiro atoms. The summed E-state index contributed by atoms with van der Waals surface area (Å²) in [5.41, 5.74) is 2.67. The molecule has 0 saturated carbocycles. The number of rotatable bonds is 2. The lowest BCUT2D eigenvalue weighted by atomic mass is 9.97. The van der Waals surface area contributed by atoms with Crippen LogP contribution in [0.15, 0.2) is 28.9 Å². The predicted octanol–water partition coefficient (Wildman–Crippen LogP) is 3.43. The van der Waals surface area contributed by atoms with Crippen molar-refractivity contribution in [3.05, 3.63) is 58.3 Å². The summed E-state index contributed by atoms with van der Waals surface area (Å²) >= 11 is 0. The third-order valence-corrected chi connectivity index (χ3v) is 2.90. The van der Waals surface area contributed by atoms with Gasteiger partial charge in [0.2, 0.25) is 0 Å². The second-order valence-electron chi connectivity index (χ2n) is 4.35. The molecule has 17 heavy (non-hydrogen) atoms. The Morgan fingerprint density at radius 1 is 1.18 bits per heavy atom. The first-order valence-electron chi connectivity index (χ1n) is 5.49. The van der Waals surface area contributed by atoms with Crippen LogP contribution in [-0.4, -0.2) is 5.11 Å². The Labute approximate surface area is 99.7 Å². The first kappa shape index (κ1) is 11.9. The van der Waals surface area contributed by atoms with E-state index in [0.717, 1.165) is 16.7 Å². The molecule has 2 rings (SSSR count). The monoisotopic (exact) mass is 234 g/mol. The van der Waals surface area contributed by atoms with Crippen molar-refractivity contribution in [2.75, 3.05) is 0 Å². The molecule has 1 unspecified atom stereocenters. The number of benzene rings is 1. The predicted molar refractivity (Wildman–Crippen MR) is 63.4 cm³/mol. The number of halogens is 1. The van der Waals surface area contributed by atoms with Crippen LogP contribution in [0.2, 0.25) is 0 Å². The SMILES string of the molecule is Cc1cc(C)c(C(O)c2occc2C)c(F)c1. The van der Waals surface area contributed by atoms with Gasteiger partial charge in [0, 0.05) is 5.56 Å². The Balaban J connectivity index is 2.51. The molecule has 2 aromatic rings. The Kier molecular flexibility index (Phi) is 3.03. The molecule has 1 heterocycles. The highest BCUT2D eigenvalue weighted by atomic mass is 19.1. The number of aryl methyl sites for hydroxylation is 3. The first-order chi connectivity index (χ1) is 8.00. The van der Waals surface area contributed by atoms with E-state index in [4.69, 9.17) is 4.42 Å². The summed E-state index contributed by atoms with van der Waals surface area (Å²) in [5, 5.41) is 10.2. The summed E-state index contributed by atoms with van der Waals surface area (Å²) in [7, 11) is 0. The lowest BCUT2D eigenvalue weighted by Gasteiger charge is -2.14. The van der Waals surface area contributed by atoms with Gasteiger partial charge in [-0.1, -0.05) is 6.07 Å². The fourth-order valence-electron chi connectivity index (χ4n) is 2.07. The number of furan rings is 1. The minimum absolute atomic E-state index is 0.286. The topological polar surface area (TPSA) is 33.4 Å². The summed E-state index contributed by atoms with van der Waals surface area (Å²) in [5.74, 6) is 0.00153. The average Bonchev–Trinajstić information content (AvgIpc) is 2.62. The van der Waals surface area contributed by atoms with E-state index in [2.05, 4.69) is 0 Å². The molecule has 3 heteroatoms. The minimum Gasteiger partial charge on any atom is -0.466 e. The molecular formula is C14H15FO2. The van der Waals surface area contributed by atoms with Crippen molar-refractivity contribution in [3.63, 3.8) is 0 Å². The van der Waals surface area contributed by atoms with Gasteiger partial charge in [-0.2, -0.15) is 0 Å².